The average Bonchev–Trinajstić information content (AvgIpc) is 2.51. The molecular formula is C16H23ClN2O3. The molecule has 1 amide bonds. The van der Waals surface area contributed by atoms with Crippen LogP contribution in [0.1, 0.15) is 23.2 Å². The molecule has 5 nitrogen and oxygen atoms in total. The van der Waals surface area contributed by atoms with Crippen LogP contribution < -0.4 is 10.1 Å². The molecule has 1 saturated heterocycles. The quantitative estimate of drug-likeness (QED) is 0.814. The summed E-state index contributed by atoms with van der Waals surface area (Å²) in [7, 11) is 3.71. The van der Waals surface area contributed by atoms with Crippen LogP contribution in [-0.4, -0.2) is 57.3 Å². The fourth-order valence-electron chi connectivity index (χ4n) is 2.39. The summed E-state index contributed by atoms with van der Waals surface area (Å²) >= 11 is 6.24. The summed E-state index contributed by atoms with van der Waals surface area (Å²) in [5, 5.41) is 3.23. The van der Waals surface area contributed by atoms with Gasteiger partial charge >= 0.3 is 0 Å². The summed E-state index contributed by atoms with van der Waals surface area (Å²) in [6.45, 7) is 3.02. The summed E-state index contributed by atoms with van der Waals surface area (Å²) in [6.07, 6.45) is 2.17. The number of carbonyl (C=O) groups is 1. The normalized spacial score (nSPS) is 16.5. The van der Waals surface area contributed by atoms with Gasteiger partial charge in [0.25, 0.3) is 5.91 Å². The molecule has 122 valence electrons. The third kappa shape index (κ3) is 4.87. The predicted octanol–water partition coefficient (Wildman–Crippen LogP) is 2.19. The lowest BCUT2D eigenvalue weighted by molar-refractivity contribution is 0.0937. The summed E-state index contributed by atoms with van der Waals surface area (Å²) in [5.41, 5.74) is 0.525. The molecule has 0 aromatic heterocycles. The first-order valence-corrected chi connectivity index (χ1v) is 7.90. The molecule has 2 rings (SSSR count). The second kappa shape index (κ2) is 8.36. The molecule has 6 heteroatoms. The van der Waals surface area contributed by atoms with Crippen molar-refractivity contribution < 1.29 is 14.3 Å². The Kier molecular flexibility index (Phi) is 6.49. The topological polar surface area (TPSA) is 50.8 Å². The van der Waals surface area contributed by atoms with E-state index >= 15 is 0 Å². The molecule has 0 atom stereocenters. The zero-order valence-electron chi connectivity index (χ0n) is 13.1. The molecule has 1 N–H and O–H groups in total. The Bertz CT molecular complexity index is 502. The van der Waals surface area contributed by atoms with Crippen LogP contribution in [0.4, 0.5) is 0 Å². The van der Waals surface area contributed by atoms with Crippen LogP contribution in [0, 0.1) is 0 Å². The van der Waals surface area contributed by atoms with Crippen molar-refractivity contribution in [1.29, 1.82) is 0 Å². The minimum Gasteiger partial charge on any atom is -0.489 e. The Morgan fingerprint density at radius 2 is 2.14 bits per heavy atom. The molecule has 1 heterocycles. The van der Waals surface area contributed by atoms with Crippen molar-refractivity contribution in [2.24, 2.45) is 0 Å². The van der Waals surface area contributed by atoms with Crippen molar-refractivity contribution in [3.8, 4) is 5.75 Å². The molecule has 0 aliphatic carbocycles. The van der Waals surface area contributed by atoms with Gasteiger partial charge in [-0.05, 0) is 38.1 Å². The van der Waals surface area contributed by atoms with Gasteiger partial charge in [-0.15, -0.1) is 0 Å². The van der Waals surface area contributed by atoms with E-state index in [1.165, 1.54) is 0 Å². The summed E-state index contributed by atoms with van der Waals surface area (Å²) in [6, 6.07) is 5.15. The third-order valence-corrected chi connectivity index (χ3v) is 4.04. The van der Waals surface area contributed by atoms with Crippen LogP contribution >= 0.6 is 11.6 Å². The highest BCUT2D eigenvalue weighted by atomic mass is 35.5. The van der Waals surface area contributed by atoms with E-state index in [1.807, 2.05) is 0 Å². The van der Waals surface area contributed by atoms with Gasteiger partial charge in [0, 0.05) is 32.3 Å². The zero-order valence-corrected chi connectivity index (χ0v) is 13.9. The minimum atomic E-state index is -0.162. The van der Waals surface area contributed by atoms with E-state index in [9.17, 15) is 4.79 Å². The van der Waals surface area contributed by atoms with E-state index in [-0.39, 0.29) is 12.0 Å². The number of amides is 1. The lowest BCUT2D eigenvalue weighted by Crippen LogP contribution is -2.35. The molecule has 0 saturated carbocycles. The first-order chi connectivity index (χ1) is 10.6. The number of halogens is 1. The van der Waals surface area contributed by atoms with Gasteiger partial charge in [0.05, 0.1) is 11.6 Å². The molecule has 22 heavy (non-hydrogen) atoms. The van der Waals surface area contributed by atoms with Crippen molar-refractivity contribution in [2.75, 3.05) is 40.4 Å². The first-order valence-electron chi connectivity index (χ1n) is 7.52. The molecule has 1 aromatic carbocycles. The summed E-state index contributed by atoms with van der Waals surface area (Å²) in [4.78, 5) is 14.2. The highest BCUT2D eigenvalue weighted by Crippen LogP contribution is 2.28. The average molecular weight is 327 g/mol. The Balaban J connectivity index is 1.93. The van der Waals surface area contributed by atoms with E-state index in [0.717, 1.165) is 25.9 Å². The van der Waals surface area contributed by atoms with Gasteiger partial charge in [-0.1, -0.05) is 11.6 Å². The van der Waals surface area contributed by atoms with Crippen LogP contribution in [0.3, 0.4) is 0 Å². The molecule has 1 aliphatic rings. The number of piperidine rings is 1. The van der Waals surface area contributed by atoms with Crippen molar-refractivity contribution >= 4 is 17.5 Å². The summed E-state index contributed by atoms with van der Waals surface area (Å²) in [5.74, 6) is 0.481. The smallest absolute Gasteiger partial charge is 0.251 e. The number of ether oxygens (including phenoxy) is 2. The number of nitrogens with zero attached hydrogens (tertiary/aromatic N) is 1. The number of rotatable bonds is 6. The Labute approximate surface area is 136 Å². The third-order valence-electron chi connectivity index (χ3n) is 3.75. The van der Waals surface area contributed by atoms with E-state index < -0.39 is 0 Å². The lowest BCUT2D eigenvalue weighted by atomic mass is 10.1. The van der Waals surface area contributed by atoms with Gasteiger partial charge in [0.15, 0.2) is 0 Å². The van der Waals surface area contributed by atoms with Crippen molar-refractivity contribution in [3.63, 3.8) is 0 Å². The molecule has 1 aromatic rings. The number of carbonyl (C=O) groups excluding carboxylic acids is 1. The molecule has 1 fully saturated rings. The minimum absolute atomic E-state index is 0.162. The van der Waals surface area contributed by atoms with Crippen LogP contribution in [0.25, 0.3) is 0 Å². The molecule has 0 bridgehead atoms. The number of methoxy groups -OCH3 is 1. The maximum atomic E-state index is 11.9. The van der Waals surface area contributed by atoms with Crippen molar-refractivity contribution in [1.82, 2.24) is 10.2 Å². The number of hydrogen-bond donors (Lipinski definition) is 1. The maximum absolute atomic E-state index is 11.9. The first kappa shape index (κ1) is 17.1. The van der Waals surface area contributed by atoms with E-state index in [2.05, 4.69) is 17.3 Å². The van der Waals surface area contributed by atoms with Crippen LogP contribution in [0.2, 0.25) is 5.02 Å². The molecular weight excluding hydrogens is 304 g/mol. The van der Waals surface area contributed by atoms with Gasteiger partial charge in [-0.25, -0.2) is 0 Å². The van der Waals surface area contributed by atoms with E-state index in [0.29, 0.717) is 29.5 Å². The number of likely N-dealkylation sites (tertiary alicyclic amines) is 1. The van der Waals surface area contributed by atoms with E-state index in [4.69, 9.17) is 21.1 Å². The van der Waals surface area contributed by atoms with Gasteiger partial charge in [-0.3, -0.25) is 4.79 Å². The maximum Gasteiger partial charge on any atom is 0.251 e. The van der Waals surface area contributed by atoms with E-state index in [1.54, 1.807) is 25.3 Å². The van der Waals surface area contributed by atoms with Crippen LogP contribution in [0.5, 0.6) is 5.75 Å². The van der Waals surface area contributed by atoms with Gasteiger partial charge < -0.3 is 19.7 Å². The fourth-order valence-corrected chi connectivity index (χ4v) is 2.61. The van der Waals surface area contributed by atoms with Gasteiger partial charge in [0.2, 0.25) is 0 Å². The molecule has 0 unspecified atom stereocenters. The van der Waals surface area contributed by atoms with Crippen molar-refractivity contribution in [2.45, 2.75) is 18.9 Å². The van der Waals surface area contributed by atoms with Gasteiger partial charge in [-0.2, -0.15) is 0 Å². The molecule has 1 aliphatic heterocycles. The highest BCUT2D eigenvalue weighted by Gasteiger charge is 2.19. The SMILES string of the molecule is COCCNC(=O)c1ccc(OC2CCN(C)CC2)c(Cl)c1. The largest absolute Gasteiger partial charge is 0.489 e. The fraction of sp³-hybridized carbons (Fsp3) is 0.562. The predicted molar refractivity (Wildman–Crippen MR) is 86.8 cm³/mol. The van der Waals surface area contributed by atoms with Crippen LogP contribution in [-0.2, 0) is 4.74 Å². The Morgan fingerprint density at radius 1 is 1.41 bits per heavy atom. The number of hydrogen-bond acceptors (Lipinski definition) is 4. The number of benzene rings is 1. The monoisotopic (exact) mass is 326 g/mol. The van der Waals surface area contributed by atoms with Crippen molar-refractivity contribution in [3.05, 3.63) is 28.8 Å². The lowest BCUT2D eigenvalue weighted by Gasteiger charge is -2.29. The second-order valence-electron chi connectivity index (χ2n) is 5.51. The molecule has 0 radical (unpaired) electrons. The summed E-state index contributed by atoms with van der Waals surface area (Å²) < 4.78 is 10.9. The zero-order chi connectivity index (χ0) is 15.9. The number of nitrogens with one attached hydrogen (secondary N) is 1. The molecule has 0 spiro atoms. The Morgan fingerprint density at radius 3 is 2.77 bits per heavy atom. The van der Waals surface area contributed by atoms with Crippen LogP contribution in [0.15, 0.2) is 18.2 Å². The second-order valence-corrected chi connectivity index (χ2v) is 5.92. The Hall–Kier alpha value is -1.30. The highest BCUT2D eigenvalue weighted by molar-refractivity contribution is 6.32. The standard InChI is InChI=1S/C16H23ClN2O3/c1-19-8-5-13(6-9-19)22-15-4-3-12(11-14(15)17)16(20)18-7-10-21-2/h3-4,11,13H,5-10H2,1-2H3,(H,18,20). The van der Waals surface area contributed by atoms with Gasteiger partial charge in [0.1, 0.15) is 11.9 Å².